The number of carbonyl (C=O) groups is 1. The number of aromatic nitrogens is 1. The van der Waals surface area contributed by atoms with Gasteiger partial charge in [0.15, 0.2) is 5.43 Å². The van der Waals surface area contributed by atoms with Crippen LogP contribution in [-0.4, -0.2) is 16.1 Å². The van der Waals surface area contributed by atoms with E-state index >= 15 is 0 Å². The standard InChI is InChI=1S/C7H7NO3.C2H6/c1-4-2-6(9)5(3-8-4)7(10)11;1-2/h2-3H,1H3,(H,8,9)(H,10,11);1-2H3. The molecule has 0 amide bonds. The first kappa shape index (κ1) is 11.4. The van der Waals surface area contributed by atoms with Gasteiger partial charge in [0.2, 0.25) is 0 Å². The quantitative estimate of drug-likeness (QED) is 0.691. The third-order valence-electron chi connectivity index (χ3n) is 1.29. The molecule has 0 aliphatic rings. The Morgan fingerprint density at radius 2 is 2.00 bits per heavy atom. The summed E-state index contributed by atoms with van der Waals surface area (Å²) in [6, 6.07) is 1.25. The van der Waals surface area contributed by atoms with Crippen LogP contribution in [0.3, 0.4) is 0 Å². The largest absolute Gasteiger partial charge is 0.477 e. The summed E-state index contributed by atoms with van der Waals surface area (Å²) in [5.74, 6) is -1.20. The summed E-state index contributed by atoms with van der Waals surface area (Å²) in [7, 11) is 0. The van der Waals surface area contributed by atoms with E-state index in [1.54, 1.807) is 6.92 Å². The fourth-order valence-corrected chi connectivity index (χ4v) is 0.740. The minimum absolute atomic E-state index is 0.226. The summed E-state index contributed by atoms with van der Waals surface area (Å²) < 4.78 is 0. The van der Waals surface area contributed by atoms with Crippen LogP contribution in [0.4, 0.5) is 0 Å². The molecule has 0 radical (unpaired) electrons. The van der Waals surface area contributed by atoms with Crippen molar-refractivity contribution in [1.82, 2.24) is 4.98 Å². The molecule has 1 heterocycles. The molecule has 0 aliphatic heterocycles. The molecule has 0 aromatic carbocycles. The predicted molar refractivity (Wildman–Crippen MR) is 50.1 cm³/mol. The molecular formula is C9H13NO3. The van der Waals surface area contributed by atoms with Crippen molar-refractivity contribution in [3.63, 3.8) is 0 Å². The molecule has 72 valence electrons. The van der Waals surface area contributed by atoms with Crippen LogP contribution in [0, 0.1) is 6.92 Å². The van der Waals surface area contributed by atoms with E-state index in [-0.39, 0.29) is 5.56 Å². The highest BCUT2D eigenvalue weighted by Crippen LogP contribution is 1.90. The van der Waals surface area contributed by atoms with E-state index in [1.165, 1.54) is 12.3 Å². The lowest BCUT2D eigenvalue weighted by Gasteiger charge is -1.93. The lowest BCUT2D eigenvalue weighted by Crippen LogP contribution is -2.14. The predicted octanol–water partition coefficient (Wildman–Crippen LogP) is 1.41. The Hall–Kier alpha value is -1.58. The molecule has 0 unspecified atom stereocenters. The van der Waals surface area contributed by atoms with Crippen molar-refractivity contribution in [2.24, 2.45) is 0 Å². The van der Waals surface area contributed by atoms with Crippen molar-refractivity contribution >= 4 is 5.97 Å². The summed E-state index contributed by atoms with van der Waals surface area (Å²) in [5.41, 5.74) is -0.0376. The van der Waals surface area contributed by atoms with E-state index in [1.807, 2.05) is 13.8 Å². The minimum atomic E-state index is -1.20. The van der Waals surface area contributed by atoms with Gasteiger partial charge >= 0.3 is 5.97 Å². The van der Waals surface area contributed by atoms with Crippen molar-refractivity contribution in [3.8, 4) is 0 Å². The normalized spacial score (nSPS) is 8.54. The van der Waals surface area contributed by atoms with Gasteiger partial charge in [-0.15, -0.1) is 0 Å². The third kappa shape index (κ3) is 3.11. The van der Waals surface area contributed by atoms with E-state index in [0.29, 0.717) is 5.69 Å². The zero-order valence-electron chi connectivity index (χ0n) is 7.92. The molecule has 0 spiro atoms. The molecule has 0 saturated heterocycles. The average Bonchev–Trinajstić information content (AvgIpc) is 2.07. The zero-order valence-corrected chi connectivity index (χ0v) is 7.92. The van der Waals surface area contributed by atoms with E-state index in [9.17, 15) is 9.59 Å². The number of hydrogen-bond acceptors (Lipinski definition) is 2. The number of aromatic amines is 1. The summed E-state index contributed by atoms with van der Waals surface area (Å²) in [4.78, 5) is 23.8. The van der Waals surface area contributed by atoms with Crippen LogP contribution >= 0.6 is 0 Å². The molecular weight excluding hydrogens is 170 g/mol. The molecule has 0 bridgehead atoms. The van der Waals surface area contributed by atoms with Gasteiger partial charge in [-0.05, 0) is 6.92 Å². The highest BCUT2D eigenvalue weighted by Gasteiger charge is 2.06. The lowest BCUT2D eigenvalue weighted by molar-refractivity contribution is 0.0695. The van der Waals surface area contributed by atoms with Crippen molar-refractivity contribution in [2.75, 3.05) is 0 Å². The van der Waals surface area contributed by atoms with Gasteiger partial charge in [0.25, 0.3) is 0 Å². The van der Waals surface area contributed by atoms with E-state index in [2.05, 4.69) is 4.98 Å². The summed E-state index contributed by atoms with van der Waals surface area (Å²) in [5, 5.41) is 8.44. The first-order chi connectivity index (χ1) is 6.11. The Kier molecular flexibility index (Phi) is 4.51. The SMILES string of the molecule is CC.Cc1cc(=O)c(C(=O)O)c[nH]1. The Morgan fingerprint density at radius 3 is 2.38 bits per heavy atom. The van der Waals surface area contributed by atoms with E-state index < -0.39 is 11.4 Å². The molecule has 1 rings (SSSR count). The summed E-state index contributed by atoms with van der Waals surface area (Å²) in [6.45, 7) is 5.69. The zero-order chi connectivity index (χ0) is 10.4. The number of H-pyrrole nitrogens is 1. The second kappa shape index (κ2) is 5.13. The van der Waals surface area contributed by atoms with Gasteiger partial charge < -0.3 is 10.1 Å². The van der Waals surface area contributed by atoms with Crippen molar-refractivity contribution in [3.05, 3.63) is 33.7 Å². The Morgan fingerprint density at radius 1 is 1.46 bits per heavy atom. The number of aromatic carboxylic acids is 1. The van der Waals surface area contributed by atoms with Crippen LogP contribution in [-0.2, 0) is 0 Å². The highest BCUT2D eigenvalue weighted by molar-refractivity contribution is 5.86. The molecule has 13 heavy (non-hydrogen) atoms. The van der Waals surface area contributed by atoms with Crippen molar-refractivity contribution in [1.29, 1.82) is 0 Å². The summed E-state index contributed by atoms with van der Waals surface area (Å²) >= 11 is 0. The minimum Gasteiger partial charge on any atom is -0.477 e. The van der Waals surface area contributed by atoms with Gasteiger partial charge in [-0.2, -0.15) is 0 Å². The molecule has 0 aliphatic carbocycles. The van der Waals surface area contributed by atoms with E-state index in [4.69, 9.17) is 5.11 Å². The molecule has 4 heteroatoms. The third-order valence-corrected chi connectivity index (χ3v) is 1.29. The lowest BCUT2D eigenvalue weighted by atomic mass is 10.2. The number of nitrogens with one attached hydrogen (secondary N) is 1. The number of carboxylic acid groups (broad SMARTS) is 1. The maximum absolute atomic E-state index is 10.9. The smallest absolute Gasteiger partial charge is 0.341 e. The van der Waals surface area contributed by atoms with Gasteiger partial charge in [0.1, 0.15) is 5.56 Å². The maximum Gasteiger partial charge on any atom is 0.341 e. The molecule has 0 fully saturated rings. The number of rotatable bonds is 1. The molecule has 0 saturated carbocycles. The van der Waals surface area contributed by atoms with Gasteiger partial charge in [-0.25, -0.2) is 4.79 Å². The van der Waals surface area contributed by atoms with Crippen molar-refractivity contribution in [2.45, 2.75) is 20.8 Å². The number of hydrogen-bond donors (Lipinski definition) is 2. The molecule has 2 N–H and O–H groups in total. The van der Waals surface area contributed by atoms with E-state index in [0.717, 1.165) is 0 Å². The highest BCUT2D eigenvalue weighted by atomic mass is 16.4. The van der Waals surface area contributed by atoms with Crippen LogP contribution in [0.25, 0.3) is 0 Å². The average molecular weight is 183 g/mol. The number of pyridine rings is 1. The summed E-state index contributed by atoms with van der Waals surface area (Å²) in [6.07, 6.45) is 1.19. The second-order valence-electron chi connectivity index (χ2n) is 2.20. The van der Waals surface area contributed by atoms with Crippen LogP contribution in [0.5, 0.6) is 0 Å². The molecule has 1 aromatic heterocycles. The fraction of sp³-hybridized carbons (Fsp3) is 0.333. The first-order valence-electron chi connectivity index (χ1n) is 4.04. The monoisotopic (exact) mass is 183 g/mol. The first-order valence-corrected chi connectivity index (χ1v) is 4.04. The van der Waals surface area contributed by atoms with Crippen LogP contribution in [0.15, 0.2) is 17.1 Å². The van der Waals surface area contributed by atoms with Crippen LogP contribution < -0.4 is 5.43 Å². The van der Waals surface area contributed by atoms with Gasteiger partial charge in [-0.1, -0.05) is 13.8 Å². The molecule has 4 nitrogen and oxygen atoms in total. The Bertz CT molecular complexity index is 341. The Labute approximate surface area is 76.2 Å². The topological polar surface area (TPSA) is 70.2 Å². The van der Waals surface area contributed by atoms with Crippen LogP contribution in [0.2, 0.25) is 0 Å². The second-order valence-corrected chi connectivity index (χ2v) is 2.20. The fourth-order valence-electron chi connectivity index (χ4n) is 0.740. The number of aryl methyl sites for hydroxylation is 1. The maximum atomic E-state index is 10.9. The molecule has 0 atom stereocenters. The van der Waals surface area contributed by atoms with Crippen molar-refractivity contribution < 1.29 is 9.90 Å². The van der Waals surface area contributed by atoms with Gasteiger partial charge in [0, 0.05) is 18.0 Å². The van der Waals surface area contributed by atoms with Gasteiger partial charge in [0.05, 0.1) is 0 Å². The number of carboxylic acids is 1. The Balaban J connectivity index is 0.000000671. The van der Waals surface area contributed by atoms with Crippen LogP contribution in [0.1, 0.15) is 29.9 Å². The van der Waals surface area contributed by atoms with Gasteiger partial charge in [-0.3, -0.25) is 4.79 Å². The molecule has 1 aromatic rings.